The highest BCUT2D eigenvalue weighted by molar-refractivity contribution is 5.76. The number of amides is 1. The van der Waals surface area contributed by atoms with Crippen molar-refractivity contribution in [2.75, 3.05) is 27.9 Å². The minimum atomic E-state index is 0.0703. The van der Waals surface area contributed by atoms with Crippen molar-refractivity contribution in [3.8, 4) is 17.2 Å². The highest BCUT2D eigenvalue weighted by atomic mass is 16.5. The molecule has 29 heavy (non-hydrogen) atoms. The van der Waals surface area contributed by atoms with E-state index in [4.69, 9.17) is 14.2 Å². The van der Waals surface area contributed by atoms with E-state index < -0.39 is 0 Å². The van der Waals surface area contributed by atoms with Crippen molar-refractivity contribution in [1.82, 2.24) is 5.32 Å². The molecule has 0 aromatic heterocycles. The molecule has 1 aliphatic rings. The highest BCUT2D eigenvalue weighted by Crippen LogP contribution is 2.41. The van der Waals surface area contributed by atoms with Gasteiger partial charge in [0.25, 0.3) is 0 Å². The van der Waals surface area contributed by atoms with E-state index in [0.29, 0.717) is 36.6 Å². The van der Waals surface area contributed by atoms with E-state index in [1.165, 1.54) is 18.4 Å². The van der Waals surface area contributed by atoms with Crippen LogP contribution in [0.1, 0.15) is 43.2 Å². The van der Waals surface area contributed by atoms with E-state index >= 15 is 0 Å². The maximum atomic E-state index is 12.6. The summed E-state index contributed by atoms with van der Waals surface area (Å²) in [6.07, 6.45) is 5.73. The first-order valence-electron chi connectivity index (χ1n) is 10.2. The Morgan fingerprint density at radius 3 is 2.14 bits per heavy atom. The maximum absolute atomic E-state index is 12.6. The minimum Gasteiger partial charge on any atom is -0.493 e. The molecular weight excluding hydrogens is 366 g/mol. The third kappa shape index (κ3) is 4.84. The van der Waals surface area contributed by atoms with Crippen LogP contribution in [0.2, 0.25) is 0 Å². The van der Waals surface area contributed by atoms with Gasteiger partial charge in [-0.2, -0.15) is 0 Å². The van der Waals surface area contributed by atoms with Gasteiger partial charge in [-0.15, -0.1) is 0 Å². The molecule has 0 saturated heterocycles. The first-order chi connectivity index (χ1) is 14.1. The van der Waals surface area contributed by atoms with Crippen molar-refractivity contribution in [2.24, 2.45) is 0 Å². The summed E-state index contributed by atoms with van der Waals surface area (Å²) in [6.45, 7) is 0.700. The van der Waals surface area contributed by atoms with Gasteiger partial charge in [0, 0.05) is 18.4 Å². The zero-order valence-electron chi connectivity index (χ0n) is 17.6. The van der Waals surface area contributed by atoms with Crippen LogP contribution in [-0.2, 0) is 16.6 Å². The number of nitrogens with one attached hydrogen (secondary N) is 1. The summed E-state index contributed by atoms with van der Waals surface area (Å²) in [5.74, 6) is 1.85. The van der Waals surface area contributed by atoms with Gasteiger partial charge in [-0.25, -0.2) is 0 Å². The third-order valence-electron chi connectivity index (χ3n) is 5.94. The number of ether oxygens (including phenoxy) is 3. The van der Waals surface area contributed by atoms with Gasteiger partial charge in [0.1, 0.15) is 0 Å². The summed E-state index contributed by atoms with van der Waals surface area (Å²) < 4.78 is 16.2. The summed E-state index contributed by atoms with van der Waals surface area (Å²) in [7, 11) is 4.77. The number of carbonyl (C=O) groups excluding carboxylic acids is 1. The molecular formula is C24H31NO4. The van der Waals surface area contributed by atoms with Crippen molar-refractivity contribution in [3.05, 3.63) is 53.6 Å². The van der Waals surface area contributed by atoms with E-state index in [1.54, 1.807) is 21.3 Å². The second-order valence-electron chi connectivity index (χ2n) is 7.66. The van der Waals surface area contributed by atoms with Crippen LogP contribution < -0.4 is 19.5 Å². The Balaban J connectivity index is 1.61. The van der Waals surface area contributed by atoms with Gasteiger partial charge in [0.05, 0.1) is 21.3 Å². The molecule has 0 atom stereocenters. The lowest BCUT2D eigenvalue weighted by Gasteiger charge is -2.30. The number of rotatable bonds is 9. The molecule has 5 nitrogen and oxygen atoms in total. The Morgan fingerprint density at radius 2 is 1.59 bits per heavy atom. The van der Waals surface area contributed by atoms with Crippen molar-refractivity contribution in [2.45, 2.75) is 43.9 Å². The number of hydrogen-bond donors (Lipinski definition) is 1. The van der Waals surface area contributed by atoms with Crippen molar-refractivity contribution in [3.63, 3.8) is 0 Å². The zero-order chi connectivity index (χ0) is 20.7. The van der Waals surface area contributed by atoms with Gasteiger partial charge in [-0.05, 0) is 42.5 Å². The molecule has 2 aromatic rings. The van der Waals surface area contributed by atoms with Crippen LogP contribution in [0.4, 0.5) is 0 Å². The lowest BCUT2D eigenvalue weighted by Crippen LogP contribution is -2.39. The van der Waals surface area contributed by atoms with Gasteiger partial charge in [0.2, 0.25) is 11.7 Å². The minimum absolute atomic E-state index is 0.0703. The third-order valence-corrected chi connectivity index (χ3v) is 5.94. The average molecular weight is 398 g/mol. The van der Waals surface area contributed by atoms with Gasteiger partial charge in [0.15, 0.2) is 11.5 Å². The molecule has 0 spiro atoms. The summed E-state index contributed by atoms with van der Waals surface area (Å²) in [6, 6.07) is 14.4. The average Bonchev–Trinajstić information content (AvgIpc) is 3.26. The molecule has 0 bridgehead atoms. The molecule has 156 valence electrons. The highest BCUT2D eigenvalue weighted by Gasteiger charge is 2.35. The summed E-state index contributed by atoms with van der Waals surface area (Å²) in [5, 5.41) is 3.19. The van der Waals surface area contributed by atoms with E-state index in [-0.39, 0.29) is 11.3 Å². The molecule has 5 heteroatoms. The van der Waals surface area contributed by atoms with Crippen LogP contribution in [0.3, 0.4) is 0 Å². The Bertz CT molecular complexity index is 788. The topological polar surface area (TPSA) is 56.8 Å². The Hall–Kier alpha value is -2.69. The van der Waals surface area contributed by atoms with Crippen LogP contribution in [-0.4, -0.2) is 33.8 Å². The molecule has 0 heterocycles. The fourth-order valence-corrected chi connectivity index (χ4v) is 4.30. The Morgan fingerprint density at radius 1 is 0.966 bits per heavy atom. The SMILES string of the molecule is COc1cc(CCC(=O)NCC2(c3ccccc3)CCCC2)cc(OC)c1OC. The van der Waals surface area contributed by atoms with E-state index in [1.807, 2.05) is 18.2 Å². The largest absolute Gasteiger partial charge is 0.493 e. The van der Waals surface area contributed by atoms with Crippen molar-refractivity contribution in [1.29, 1.82) is 0 Å². The van der Waals surface area contributed by atoms with Gasteiger partial charge < -0.3 is 19.5 Å². The number of methoxy groups -OCH3 is 3. The fourth-order valence-electron chi connectivity index (χ4n) is 4.30. The monoisotopic (exact) mass is 397 g/mol. The fraction of sp³-hybridized carbons (Fsp3) is 0.458. The molecule has 1 fully saturated rings. The van der Waals surface area contributed by atoms with Gasteiger partial charge in [-0.3, -0.25) is 4.79 Å². The maximum Gasteiger partial charge on any atom is 0.220 e. The summed E-state index contributed by atoms with van der Waals surface area (Å²) >= 11 is 0. The lowest BCUT2D eigenvalue weighted by atomic mass is 9.79. The Kier molecular flexibility index (Phi) is 7.02. The zero-order valence-corrected chi connectivity index (χ0v) is 17.6. The molecule has 1 N–H and O–H groups in total. The molecule has 1 amide bonds. The van der Waals surface area contributed by atoms with Gasteiger partial charge >= 0.3 is 0 Å². The molecule has 0 aliphatic heterocycles. The molecule has 1 saturated carbocycles. The molecule has 3 rings (SSSR count). The van der Waals surface area contributed by atoms with Crippen molar-refractivity contribution < 1.29 is 19.0 Å². The lowest BCUT2D eigenvalue weighted by molar-refractivity contribution is -0.121. The summed E-state index contributed by atoms with van der Waals surface area (Å²) in [5.41, 5.74) is 2.39. The van der Waals surface area contributed by atoms with Crippen LogP contribution >= 0.6 is 0 Å². The standard InChI is InChI=1S/C24H31NO4/c1-27-20-15-18(16-21(28-2)23(20)29-3)11-12-22(26)25-17-24(13-7-8-14-24)19-9-5-4-6-10-19/h4-6,9-10,15-16H,7-8,11-14,17H2,1-3H3,(H,25,26). The van der Waals surface area contributed by atoms with Crippen LogP contribution in [0, 0.1) is 0 Å². The Labute approximate surface area is 173 Å². The molecule has 1 aliphatic carbocycles. The van der Waals surface area contributed by atoms with Crippen LogP contribution in [0.5, 0.6) is 17.2 Å². The van der Waals surface area contributed by atoms with Crippen LogP contribution in [0.25, 0.3) is 0 Å². The number of carbonyl (C=O) groups is 1. The van der Waals surface area contributed by atoms with Crippen LogP contribution in [0.15, 0.2) is 42.5 Å². The van der Waals surface area contributed by atoms with E-state index in [2.05, 4.69) is 29.6 Å². The first kappa shape index (κ1) is 21.0. The second-order valence-corrected chi connectivity index (χ2v) is 7.66. The number of aryl methyl sites for hydroxylation is 1. The molecule has 2 aromatic carbocycles. The molecule has 0 radical (unpaired) electrons. The number of hydrogen-bond acceptors (Lipinski definition) is 4. The number of benzene rings is 2. The predicted octanol–water partition coefficient (Wildman–Crippen LogP) is 4.27. The van der Waals surface area contributed by atoms with E-state index in [0.717, 1.165) is 18.4 Å². The smallest absolute Gasteiger partial charge is 0.220 e. The van der Waals surface area contributed by atoms with E-state index in [9.17, 15) is 4.79 Å². The first-order valence-corrected chi connectivity index (χ1v) is 10.2. The van der Waals surface area contributed by atoms with Gasteiger partial charge in [-0.1, -0.05) is 43.2 Å². The van der Waals surface area contributed by atoms with Crippen molar-refractivity contribution >= 4 is 5.91 Å². The normalized spacial score (nSPS) is 15.0. The quantitative estimate of drug-likeness (QED) is 0.686. The predicted molar refractivity (Wildman–Crippen MR) is 114 cm³/mol. The second kappa shape index (κ2) is 9.68. The summed E-state index contributed by atoms with van der Waals surface area (Å²) in [4.78, 5) is 12.6. The molecule has 0 unspecified atom stereocenters.